The molecule has 0 saturated carbocycles. The molecule has 0 fully saturated rings. The van der Waals surface area contributed by atoms with Crippen molar-refractivity contribution >= 4 is 27.6 Å². The Morgan fingerprint density at radius 3 is 2.67 bits per heavy atom. The number of ether oxygens (including phenoxy) is 1. The molecule has 6 heteroatoms. The van der Waals surface area contributed by atoms with Crippen molar-refractivity contribution in [2.75, 3.05) is 7.11 Å². The van der Waals surface area contributed by atoms with Gasteiger partial charge in [0.25, 0.3) is 10.0 Å². The highest BCUT2D eigenvalue weighted by molar-refractivity contribution is 7.92. The number of nitrogens with zero attached hydrogens (tertiary/aromatic N) is 1. The van der Waals surface area contributed by atoms with Crippen molar-refractivity contribution in [3.63, 3.8) is 0 Å². The molecule has 0 aliphatic carbocycles. The summed E-state index contributed by atoms with van der Waals surface area (Å²) in [5, 5.41) is 1.70. The Hall–Kier alpha value is -1.66. The van der Waals surface area contributed by atoms with Crippen LogP contribution in [0.15, 0.2) is 50.4 Å². The molecule has 4 nitrogen and oxygen atoms in total. The average molecular weight is 281 g/mol. The molecule has 0 atom stereocenters. The number of para-hydroxylation sites is 1. The maximum Gasteiger partial charge on any atom is 0.291 e. The van der Waals surface area contributed by atoms with Crippen LogP contribution in [-0.2, 0) is 10.0 Å². The monoisotopic (exact) mass is 281 g/mol. The van der Waals surface area contributed by atoms with Crippen molar-refractivity contribution in [2.45, 2.75) is 4.21 Å². The van der Waals surface area contributed by atoms with Gasteiger partial charge in [0, 0.05) is 5.56 Å². The van der Waals surface area contributed by atoms with E-state index in [0.29, 0.717) is 11.3 Å². The second-order valence-electron chi connectivity index (χ2n) is 3.38. The Balaban J connectivity index is 2.32. The van der Waals surface area contributed by atoms with Gasteiger partial charge in [0.15, 0.2) is 0 Å². The lowest BCUT2D eigenvalue weighted by Gasteiger charge is -2.02. The number of hydrogen-bond donors (Lipinski definition) is 0. The molecule has 1 heterocycles. The summed E-state index contributed by atoms with van der Waals surface area (Å²) in [7, 11) is -2.08. The van der Waals surface area contributed by atoms with Crippen molar-refractivity contribution in [3.05, 3.63) is 47.3 Å². The molecule has 0 saturated heterocycles. The summed E-state index contributed by atoms with van der Waals surface area (Å²) < 4.78 is 32.7. The van der Waals surface area contributed by atoms with Gasteiger partial charge in [-0.1, -0.05) is 18.2 Å². The third-order valence-corrected chi connectivity index (χ3v) is 4.83. The molecule has 94 valence electrons. The number of rotatable bonds is 4. The van der Waals surface area contributed by atoms with Gasteiger partial charge < -0.3 is 4.74 Å². The van der Waals surface area contributed by atoms with Crippen LogP contribution in [0.3, 0.4) is 0 Å². The summed E-state index contributed by atoms with van der Waals surface area (Å²) in [4.78, 5) is 0. The highest BCUT2D eigenvalue weighted by atomic mass is 32.2. The lowest BCUT2D eigenvalue weighted by atomic mass is 10.2. The summed E-state index contributed by atoms with van der Waals surface area (Å²) in [6, 6.07) is 10.3. The first-order chi connectivity index (χ1) is 8.63. The first-order valence-corrected chi connectivity index (χ1v) is 7.42. The van der Waals surface area contributed by atoms with E-state index in [-0.39, 0.29) is 4.21 Å². The smallest absolute Gasteiger partial charge is 0.291 e. The van der Waals surface area contributed by atoms with Crippen LogP contribution < -0.4 is 4.74 Å². The molecular formula is C12H11NO3S2. The number of hydrogen-bond acceptors (Lipinski definition) is 4. The second-order valence-corrected chi connectivity index (χ2v) is 6.19. The Morgan fingerprint density at radius 2 is 2.00 bits per heavy atom. The summed E-state index contributed by atoms with van der Waals surface area (Å²) in [6.45, 7) is 0. The third kappa shape index (κ3) is 2.77. The van der Waals surface area contributed by atoms with E-state index in [2.05, 4.69) is 4.40 Å². The lowest BCUT2D eigenvalue weighted by molar-refractivity contribution is 0.414. The van der Waals surface area contributed by atoms with Crippen molar-refractivity contribution in [3.8, 4) is 5.75 Å². The fourth-order valence-corrected chi connectivity index (χ4v) is 3.20. The molecule has 2 rings (SSSR count). The van der Waals surface area contributed by atoms with E-state index in [1.807, 2.05) is 6.07 Å². The van der Waals surface area contributed by atoms with Gasteiger partial charge >= 0.3 is 0 Å². The van der Waals surface area contributed by atoms with Gasteiger partial charge in [-0.15, -0.1) is 11.3 Å². The van der Waals surface area contributed by atoms with Crippen LogP contribution in [0.4, 0.5) is 0 Å². The molecule has 0 radical (unpaired) electrons. The number of sulfonamides is 1. The molecule has 0 N–H and O–H groups in total. The van der Waals surface area contributed by atoms with E-state index in [1.165, 1.54) is 19.4 Å². The zero-order valence-corrected chi connectivity index (χ0v) is 11.2. The normalized spacial score (nSPS) is 11.8. The minimum atomic E-state index is -3.61. The number of thiophene rings is 1. The standard InChI is InChI=1S/C12H11NO3S2/c1-16-11-6-3-2-5-10(11)9-13-18(14,15)12-7-4-8-17-12/h2-9H,1H3/b13-9-. The van der Waals surface area contributed by atoms with E-state index in [1.54, 1.807) is 29.6 Å². The fourth-order valence-electron chi connectivity index (χ4n) is 1.36. The highest BCUT2D eigenvalue weighted by Crippen LogP contribution is 2.20. The molecule has 0 bridgehead atoms. The van der Waals surface area contributed by atoms with Gasteiger partial charge in [-0.3, -0.25) is 0 Å². The number of benzene rings is 1. The molecule has 1 aromatic carbocycles. The van der Waals surface area contributed by atoms with Gasteiger partial charge in [-0.05, 0) is 23.6 Å². The summed E-state index contributed by atoms with van der Waals surface area (Å²) in [6.07, 6.45) is 1.30. The number of methoxy groups -OCH3 is 1. The minimum absolute atomic E-state index is 0.230. The SMILES string of the molecule is COc1ccccc1/C=N\S(=O)(=O)c1cccs1. The van der Waals surface area contributed by atoms with E-state index < -0.39 is 10.0 Å². The Labute approximate surface area is 110 Å². The van der Waals surface area contributed by atoms with Crippen molar-refractivity contribution < 1.29 is 13.2 Å². The zero-order valence-electron chi connectivity index (χ0n) is 9.61. The lowest BCUT2D eigenvalue weighted by Crippen LogP contribution is -1.96. The molecule has 2 aromatic rings. The molecule has 0 unspecified atom stereocenters. The van der Waals surface area contributed by atoms with Crippen LogP contribution in [0, 0.1) is 0 Å². The summed E-state index contributed by atoms with van der Waals surface area (Å²) in [5.41, 5.74) is 0.625. The maximum atomic E-state index is 11.8. The Morgan fingerprint density at radius 1 is 1.22 bits per heavy atom. The molecule has 0 aliphatic heterocycles. The van der Waals surface area contributed by atoms with E-state index in [0.717, 1.165) is 11.3 Å². The van der Waals surface area contributed by atoms with Gasteiger partial charge in [0.1, 0.15) is 9.96 Å². The van der Waals surface area contributed by atoms with Crippen molar-refractivity contribution in [2.24, 2.45) is 4.40 Å². The van der Waals surface area contributed by atoms with Gasteiger partial charge in [-0.25, -0.2) is 0 Å². The van der Waals surface area contributed by atoms with Crippen LogP contribution in [-0.4, -0.2) is 21.7 Å². The average Bonchev–Trinajstić information content (AvgIpc) is 2.91. The zero-order chi connectivity index (χ0) is 13.0. The highest BCUT2D eigenvalue weighted by Gasteiger charge is 2.12. The predicted octanol–water partition coefficient (Wildman–Crippen LogP) is 2.56. The quantitative estimate of drug-likeness (QED) is 0.809. The van der Waals surface area contributed by atoms with Crippen molar-refractivity contribution in [1.82, 2.24) is 0 Å². The van der Waals surface area contributed by atoms with Crippen LogP contribution in [0.2, 0.25) is 0 Å². The summed E-state index contributed by atoms with van der Waals surface area (Å²) >= 11 is 1.14. The van der Waals surface area contributed by atoms with E-state index >= 15 is 0 Å². The minimum Gasteiger partial charge on any atom is -0.496 e. The van der Waals surface area contributed by atoms with Gasteiger partial charge in [0.2, 0.25) is 0 Å². The largest absolute Gasteiger partial charge is 0.496 e. The van der Waals surface area contributed by atoms with Crippen molar-refractivity contribution in [1.29, 1.82) is 0 Å². The first kappa shape index (κ1) is 12.8. The van der Waals surface area contributed by atoms with Crippen LogP contribution >= 0.6 is 11.3 Å². The van der Waals surface area contributed by atoms with E-state index in [4.69, 9.17) is 4.74 Å². The molecule has 0 spiro atoms. The van der Waals surface area contributed by atoms with Crippen LogP contribution in [0.5, 0.6) is 5.75 Å². The second kappa shape index (κ2) is 5.32. The van der Waals surface area contributed by atoms with E-state index in [9.17, 15) is 8.42 Å². The van der Waals surface area contributed by atoms with Crippen LogP contribution in [0.1, 0.15) is 5.56 Å². The Bertz CT molecular complexity index is 646. The topological polar surface area (TPSA) is 55.7 Å². The molecule has 0 aliphatic rings. The third-order valence-electron chi connectivity index (χ3n) is 2.22. The Kier molecular flexibility index (Phi) is 3.78. The van der Waals surface area contributed by atoms with Gasteiger partial charge in [0.05, 0.1) is 13.3 Å². The molecule has 18 heavy (non-hydrogen) atoms. The van der Waals surface area contributed by atoms with Gasteiger partial charge in [-0.2, -0.15) is 12.8 Å². The predicted molar refractivity (Wildman–Crippen MR) is 72.1 cm³/mol. The maximum absolute atomic E-state index is 11.8. The van der Waals surface area contributed by atoms with Crippen LogP contribution in [0.25, 0.3) is 0 Å². The molecular weight excluding hydrogens is 270 g/mol. The molecule has 0 amide bonds. The molecule has 1 aromatic heterocycles. The summed E-state index contributed by atoms with van der Waals surface area (Å²) in [5.74, 6) is 0.586. The first-order valence-electron chi connectivity index (χ1n) is 5.10. The fraction of sp³-hybridized carbons (Fsp3) is 0.0833.